The van der Waals surface area contributed by atoms with E-state index in [0.717, 1.165) is 0 Å². The summed E-state index contributed by atoms with van der Waals surface area (Å²) in [5.41, 5.74) is 1.02. The maximum absolute atomic E-state index is 11.8. The van der Waals surface area contributed by atoms with E-state index in [1.807, 2.05) is 0 Å². The van der Waals surface area contributed by atoms with E-state index in [-0.39, 0.29) is 29.5 Å². The van der Waals surface area contributed by atoms with Crippen molar-refractivity contribution in [2.75, 3.05) is 0 Å². The van der Waals surface area contributed by atoms with E-state index < -0.39 is 5.78 Å². The minimum Gasteiger partial charge on any atom is -0.507 e. The molecule has 0 saturated carbocycles. The molecule has 122 valence electrons. The Morgan fingerprint density at radius 3 is 2.12 bits per heavy atom. The molecule has 0 saturated heterocycles. The molecule has 2 aromatic rings. The Kier molecular flexibility index (Phi) is 5.52. The van der Waals surface area contributed by atoms with Gasteiger partial charge in [0.15, 0.2) is 23.1 Å². The number of hydrogen-bond acceptors (Lipinski definition) is 5. The lowest BCUT2D eigenvalue weighted by Crippen LogP contribution is -2.01. The number of para-hydroxylation sites is 1. The molecule has 5 heteroatoms. The highest BCUT2D eigenvalue weighted by Gasteiger charge is 2.05. The van der Waals surface area contributed by atoms with Gasteiger partial charge in [-0.2, -0.15) is 0 Å². The molecular formula is C19H16O5. The molecule has 0 aromatic heterocycles. The van der Waals surface area contributed by atoms with Gasteiger partial charge in [-0.1, -0.05) is 30.3 Å². The molecule has 0 atom stereocenters. The highest BCUT2D eigenvalue weighted by molar-refractivity contribution is 6.10. The zero-order valence-electron chi connectivity index (χ0n) is 12.7. The third-order valence-electron chi connectivity index (χ3n) is 3.20. The van der Waals surface area contributed by atoms with Crippen molar-refractivity contribution >= 4 is 23.7 Å². The van der Waals surface area contributed by atoms with Crippen LogP contribution in [0.2, 0.25) is 0 Å². The lowest BCUT2D eigenvalue weighted by molar-refractivity contribution is -0.121. The van der Waals surface area contributed by atoms with E-state index in [2.05, 4.69) is 0 Å². The average Bonchev–Trinajstić information content (AvgIpc) is 2.55. The molecule has 0 heterocycles. The van der Waals surface area contributed by atoms with Crippen molar-refractivity contribution in [1.29, 1.82) is 0 Å². The summed E-state index contributed by atoms with van der Waals surface area (Å²) in [5.74, 6) is -1.26. The number of rotatable bonds is 6. The quantitative estimate of drug-likeness (QED) is 0.431. The predicted octanol–water partition coefficient (Wildman–Crippen LogP) is 3.06. The standard InChI is InChI=1S/C19H16O5/c20-15(8-5-13-6-10-18(23)19(24)11-13)12-16(21)9-7-14-3-1-2-4-17(14)22/h1-11,22-24H,12H2/b8-5+,9-7+. The van der Waals surface area contributed by atoms with Crippen molar-refractivity contribution in [3.8, 4) is 17.2 Å². The maximum atomic E-state index is 11.8. The van der Waals surface area contributed by atoms with Gasteiger partial charge in [-0.25, -0.2) is 0 Å². The fourth-order valence-corrected chi connectivity index (χ4v) is 1.93. The first kappa shape index (κ1) is 17.0. The second-order valence-electron chi connectivity index (χ2n) is 5.08. The monoisotopic (exact) mass is 324 g/mol. The van der Waals surface area contributed by atoms with Gasteiger partial charge in [-0.3, -0.25) is 9.59 Å². The van der Waals surface area contributed by atoms with Crippen LogP contribution < -0.4 is 0 Å². The number of carbonyl (C=O) groups excluding carboxylic acids is 2. The highest BCUT2D eigenvalue weighted by Crippen LogP contribution is 2.25. The molecule has 0 radical (unpaired) electrons. The fourth-order valence-electron chi connectivity index (χ4n) is 1.93. The third kappa shape index (κ3) is 4.84. The Morgan fingerprint density at radius 1 is 0.792 bits per heavy atom. The lowest BCUT2D eigenvalue weighted by atomic mass is 10.1. The van der Waals surface area contributed by atoms with Crippen molar-refractivity contribution in [3.05, 3.63) is 65.7 Å². The van der Waals surface area contributed by atoms with Crippen LogP contribution in [0.25, 0.3) is 12.2 Å². The Hall–Kier alpha value is -3.34. The van der Waals surface area contributed by atoms with E-state index in [9.17, 15) is 24.9 Å². The van der Waals surface area contributed by atoms with Crippen molar-refractivity contribution in [2.24, 2.45) is 0 Å². The van der Waals surface area contributed by atoms with E-state index in [0.29, 0.717) is 11.1 Å². The topological polar surface area (TPSA) is 94.8 Å². The molecule has 2 rings (SSSR count). The van der Waals surface area contributed by atoms with Crippen molar-refractivity contribution < 1.29 is 24.9 Å². The molecule has 0 aliphatic rings. The maximum Gasteiger partial charge on any atom is 0.163 e. The summed E-state index contributed by atoms with van der Waals surface area (Å²) in [4.78, 5) is 23.5. The SMILES string of the molecule is O=C(/C=C/c1ccc(O)c(O)c1)CC(=O)/C=C/c1ccccc1O. The summed E-state index contributed by atoms with van der Waals surface area (Å²) in [6.45, 7) is 0. The van der Waals surface area contributed by atoms with Crippen molar-refractivity contribution in [2.45, 2.75) is 6.42 Å². The van der Waals surface area contributed by atoms with Gasteiger partial charge >= 0.3 is 0 Å². The first-order chi connectivity index (χ1) is 11.5. The molecule has 0 aliphatic heterocycles. The van der Waals surface area contributed by atoms with Crippen LogP contribution in [0.5, 0.6) is 17.2 Å². The van der Waals surface area contributed by atoms with Gasteiger partial charge in [0.1, 0.15) is 5.75 Å². The molecule has 2 aromatic carbocycles. The summed E-state index contributed by atoms with van der Waals surface area (Å²) < 4.78 is 0. The van der Waals surface area contributed by atoms with Gasteiger partial charge in [0, 0.05) is 5.56 Å². The normalized spacial score (nSPS) is 11.2. The molecule has 0 spiro atoms. The highest BCUT2D eigenvalue weighted by atomic mass is 16.3. The Bertz CT molecular complexity index is 818. The van der Waals surface area contributed by atoms with Crippen LogP contribution in [-0.2, 0) is 9.59 Å². The third-order valence-corrected chi connectivity index (χ3v) is 3.20. The Labute approximate surface area is 138 Å². The first-order valence-electron chi connectivity index (χ1n) is 7.17. The fraction of sp³-hybridized carbons (Fsp3) is 0.0526. The van der Waals surface area contributed by atoms with E-state index in [4.69, 9.17) is 0 Å². The van der Waals surface area contributed by atoms with Crippen molar-refractivity contribution in [1.82, 2.24) is 0 Å². The van der Waals surface area contributed by atoms with Crippen LogP contribution in [0.4, 0.5) is 0 Å². The molecule has 0 amide bonds. The molecule has 5 nitrogen and oxygen atoms in total. The van der Waals surface area contributed by atoms with Crippen LogP contribution in [-0.4, -0.2) is 26.9 Å². The number of carbonyl (C=O) groups is 2. The lowest BCUT2D eigenvalue weighted by Gasteiger charge is -1.98. The minimum atomic E-state index is -0.394. The van der Waals surface area contributed by atoms with Crippen LogP contribution in [0, 0.1) is 0 Å². The van der Waals surface area contributed by atoms with E-state index >= 15 is 0 Å². The molecular weight excluding hydrogens is 308 g/mol. The second kappa shape index (κ2) is 7.78. The number of phenols is 3. The van der Waals surface area contributed by atoms with Crippen LogP contribution in [0.15, 0.2) is 54.6 Å². The molecule has 0 bridgehead atoms. The number of aromatic hydroxyl groups is 3. The number of hydrogen-bond donors (Lipinski definition) is 3. The predicted molar refractivity (Wildman–Crippen MR) is 90.6 cm³/mol. The minimum absolute atomic E-state index is 0.0555. The Morgan fingerprint density at radius 2 is 1.46 bits per heavy atom. The molecule has 0 fully saturated rings. The van der Waals surface area contributed by atoms with Gasteiger partial charge in [0.2, 0.25) is 0 Å². The van der Waals surface area contributed by atoms with Gasteiger partial charge in [-0.15, -0.1) is 0 Å². The summed E-state index contributed by atoms with van der Waals surface area (Å²) >= 11 is 0. The summed E-state index contributed by atoms with van der Waals surface area (Å²) in [6.07, 6.45) is 5.07. The zero-order chi connectivity index (χ0) is 17.5. The molecule has 24 heavy (non-hydrogen) atoms. The molecule has 3 N–H and O–H groups in total. The largest absolute Gasteiger partial charge is 0.507 e. The summed E-state index contributed by atoms with van der Waals surface area (Å²) in [5, 5.41) is 28.1. The van der Waals surface area contributed by atoms with E-state index in [1.165, 1.54) is 48.6 Å². The number of ketones is 2. The number of benzene rings is 2. The van der Waals surface area contributed by atoms with Gasteiger partial charge in [0.05, 0.1) is 6.42 Å². The second-order valence-corrected chi connectivity index (χ2v) is 5.08. The average molecular weight is 324 g/mol. The van der Waals surface area contributed by atoms with Gasteiger partial charge in [-0.05, 0) is 42.0 Å². The van der Waals surface area contributed by atoms with Crippen LogP contribution >= 0.6 is 0 Å². The number of allylic oxidation sites excluding steroid dienone is 2. The summed E-state index contributed by atoms with van der Waals surface area (Å²) in [7, 11) is 0. The van der Waals surface area contributed by atoms with Crippen LogP contribution in [0.3, 0.4) is 0 Å². The molecule has 0 unspecified atom stereocenters. The van der Waals surface area contributed by atoms with Gasteiger partial charge < -0.3 is 15.3 Å². The summed E-state index contributed by atoms with van der Waals surface area (Å²) in [6, 6.07) is 10.7. The number of phenolic OH excluding ortho intramolecular Hbond substituents is 3. The first-order valence-corrected chi connectivity index (χ1v) is 7.17. The van der Waals surface area contributed by atoms with Gasteiger partial charge in [0.25, 0.3) is 0 Å². The van der Waals surface area contributed by atoms with Crippen molar-refractivity contribution in [3.63, 3.8) is 0 Å². The Balaban J connectivity index is 1.94. The van der Waals surface area contributed by atoms with Crippen LogP contribution in [0.1, 0.15) is 17.5 Å². The smallest absolute Gasteiger partial charge is 0.163 e. The van der Waals surface area contributed by atoms with E-state index in [1.54, 1.807) is 18.2 Å². The molecule has 0 aliphatic carbocycles. The zero-order valence-corrected chi connectivity index (χ0v) is 12.7.